The molecule has 0 saturated heterocycles. The molecule has 2 aromatic rings. The number of methoxy groups -OCH3 is 1. The molecule has 6 heteroatoms. The Hall–Kier alpha value is -2.40. The van der Waals surface area contributed by atoms with Crippen LogP contribution < -0.4 is 20.9 Å². The van der Waals surface area contributed by atoms with Crippen LogP contribution in [-0.4, -0.2) is 13.0 Å². The van der Waals surface area contributed by atoms with E-state index in [0.717, 1.165) is 0 Å². The first kappa shape index (κ1) is 14.0. The van der Waals surface area contributed by atoms with Crippen molar-refractivity contribution in [1.82, 2.24) is 0 Å². The highest BCUT2D eigenvalue weighted by molar-refractivity contribution is 6.30. The van der Waals surface area contributed by atoms with Crippen LogP contribution in [-0.2, 0) is 0 Å². The van der Waals surface area contributed by atoms with E-state index < -0.39 is 5.91 Å². The van der Waals surface area contributed by atoms with E-state index in [1.807, 2.05) is 0 Å². The minimum absolute atomic E-state index is 0.284. The summed E-state index contributed by atoms with van der Waals surface area (Å²) in [5.41, 5.74) is 11.7. The largest absolute Gasteiger partial charge is 0.497 e. The van der Waals surface area contributed by atoms with Crippen molar-refractivity contribution in [3.05, 3.63) is 47.0 Å². The third-order valence-corrected chi connectivity index (χ3v) is 2.83. The molecule has 0 aliphatic rings. The molecule has 0 heterocycles. The number of rotatable bonds is 4. The predicted molar refractivity (Wildman–Crippen MR) is 77.5 cm³/mol. The number of carbonyl (C=O) groups excluding carboxylic acids is 1. The third kappa shape index (κ3) is 3.13. The Morgan fingerprint density at radius 2 is 1.85 bits per heavy atom. The van der Waals surface area contributed by atoms with Crippen LogP contribution in [0.5, 0.6) is 17.2 Å². The Balaban J connectivity index is 2.37. The zero-order chi connectivity index (χ0) is 14.7. The molecule has 20 heavy (non-hydrogen) atoms. The van der Waals surface area contributed by atoms with Crippen molar-refractivity contribution < 1.29 is 14.3 Å². The lowest BCUT2D eigenvalue weighted by Crippen LogP contribution is -2.11. The van der Waals surface area contributed by atoms with Gasteiger partial charge in [-0.05, 0) is 30.3 Å². The maximum Gasteiger partial charge on any atom is 0.248 e. The van der Waals surface area contributed by atoms with Crippen molar-refractivity contribution in [3.8, 4) is 17.2 Å². The number of halogens is 1. The van der Waals surface area contributed by atoms with Crippen LogP contribution in [0, 0.1) is 0 Å². The van der Waals surface area contributed by atoms with Crippen molar-refractivity contribution in [2.75, 3.05) is 12.8 Å². The molecule has 0 fully saturated rings. The number of carbonyl (C=O) groups is 1. The van der Waals surface area contributed by atoms with E-state index in [0.29, 0.717) is 28.0 Å². The van der Waals surface area contributed by atoms with Crippen molar-refractivity contribution in [1.29, 1.82) is 0 Å². The second-order valence-electron chi connectivity index (χ2n) is 4.05. The summed E-state index contributed by atoms with van der Waals surface area (Å²) in [7, 11) is 1.49. The van der Waals surface area contributed by atoms with Gasteiger partial charge in [0.15, 0.2) is 0 Å². The number of hydrogen-bond donors (Lipinski definition) is 2. The molecule has 0 unspecified atom stereocenters. The maximum absolute atomic E-state index is 11.3. The minimum atomic E-state index is -0.571. The number of nitrogens with two attached hydrogens (primary N) is 2. The van der Waals surface area contributed by atoms with Crippen molar-refractivity contribution in [2.24, 2.45) is 5.73 Å². The fourth-order valence-corrected chi connectivity index (χ4v) is 1.81. The summed E-state index contributed by atoms with van der Waals surface area (Å²) >= 11 is 5.82. The zero-order valence-electron chi connectivity index (χ0n) is 10.7. The highest BCUT2D eigenvalue weighted by Gasteiger charge is 2.09. The monoisotopic (exact) mass is 292 g/mol. The van der Waals surface area contributed by atoms with Gasteiger partial charge in [-0.15, -0.1) is 0 Å². The zero-order valence-corrected chi connectivity index (χ0v) is 11.5. The molecule has 0 aromatic heterocycles. The van der Waals surface area contributed by atoms with E-state index >= 15 is 0 Å². The lowest BCUT2D eigenvalue weighted by Gasteiger charge is -2.11. The fourth-order valence-electron chi connectivity index (χ4n) is 1.63. The van der Waals surface area contributed by atoms with Gasteiger partial charge >= 0.3 is 0 Å². The molecule has 2 rings (SSSR count). The van der Waals surface area contributed by atoms with Gasteiger partial charge in [0.25, 0.3) is 0 Å². The van der Waals surface area contributed by atoms with E-state index in [9.17, 15) is 4.79 Å². The van der Waals surface area contributed by atoms with Gasteiger partial charge in [0.05, 0.1) is 12.8 Å². The normalized spacial score (nSPS) is 10.1. The van der Waals surface area contributed by atoms with Gasteiger partial charge in [0, 0.05) is 16.7 Å². The molecule has 5 nitrogen and oxygen atoms in total. The van der Waals surface area contributed by atoms with E-state index in [4.69, 9.17) is 32.5 Å². The molecule has 0 aliphatic heterocycles. The topological polar surface area (TPSA) is 87.6 Å². The number of primary amides is 1. The summed E-state index contributed by atoms with van der Waals surface area (Å²) in [6, 6.07) is 9.54. The Bertz CT molecular complexity index is 659. The number of nitrogen functional groups attached to an aromatic ring is 1. The standard InChI is InChI=1S/C14H13ClN2O3/c1-19-10-4-8(14(17)18)5-11(7-10)20-13-3-2-9(15)6-12(13)16/h2-7H,16H2,1H3,(H2,17,18). The SMILES string of the molecule is COc1cc(Oc2ccc(Cl)cc2N)cc(C(N)=O)c1. The average molecular weight is 293 g/mol. The second-order valence-corrected chi connectivity index (χ2v) is 4.48. The van der Waals surface area contributed by atoms with Gasteiger partial charge in [0.2, 0.25) is 5.91 Å². The van der Waals surface area contributed by atoms with Gasteiger partial charge in [0.1, 0.15) is 17.2 Å². The smallest absolute Gasteiger partial charge is 0.248 e. The number of hydrogen-bond acceptors (Lipinski definition) is 4. The lowest BCUT2D eigenvalue weighted by atomic mass is 10.2. The average Bonchev–Trinajstić information content (AvgIpc) is 2.41. The minimum Gasteiger partial charge on any atom is -0.497 e. The lowest BCUT2D eigenvalue weighted by molar-refractivity contribution is 0.0999. The molecule has 0 saturated carbocycles. The number of ether oxygens (including phenoxy) is 2. The second kappa shape index (κ2) is 5.71. The van der Waals surface area contributed by atoms with Gasteiger partial charge in [-0.2, -0.15) is 0 Å². The molecule has 104 valence electrons. The highest BCUT2D eigenvalue weighted by atomic mass is 35.5. The van der Waals surface area contributed by atoms with Gasteiger partial charge in [-0.25, -0.2) is 0 Å². The van der Waals surface area contributed by atoms with Crippen LogP contribution in [0.2, 0.25) is 5.02 Å². The fraction of sp³-hybridized carbons (Fsp3) is 0.0714. The Labute approximate surface area is 121 Å². The summed E-state index contributed by atoms with van der Waals surface area (Å²) in [4.78, 5) is 11.3. The molecule has 0 aliphatic carbocycles. The molecular weight excluding hydrogens is 280 g/mol. The summed E-state index contributed by atoms with van der Waals surface area (Å²) in [6.07, 6.45) is 0. The van der Waals surface area contributed by atoms with Crippen LogP contribution >= 0.6 is 11.6 Å². The Morgan fingerprint density at radius 1 is 1.15 bits per heavy atom. The molecule has 1 amide bonds. The van der Waals surface area contributed by atoms with Crippen LogP contribution in [0.25, 0.3) is 0 Å². The van der Waals surface area contributed by atoms with Gasteiger partial charge < -0.3 is 20.9 Å². The van der Waals surface area contributed by atoms with E-state index in [2.05, 4.69) is 0 Å². The first-order valence-corrected chi connectivity index (χ1v) is 6.09. The van der Waals surface area contributed by atoms with E-state index in [-0.39, 0.29) is 5.56 Å². The van der Waals surface area contributed by atoms with Crippen molar-refractivity contribution >= 4 is 23.2 Å². The molecule has 0 bridgehead atoms. The number of amides is 1. The van der Waals surface area contributed by atoms with Gasteiger partial charge in [-0.3, -0.25) is 4.79 Å². The predicted octanol–water partition coefficient (Wildman–Crippen LogP) is 2.82. The van der Waals surface area contributed by atoms with Crippen LogP contribution in [0.15, 0.2) is 36.4 Å². The Morgan fingerprint density at radius 3 is 2.45 bits per heavy atom. The van der Waals surface area contributed by atoms with Crippen LogP contribution in [0.1, 0.15) is 10.4 Å². The molecule has 0 atom stereocenters. The quantitative estimate of drug-likeness (QED) is 0.848. The van der Waals surface area contributed by atoms with E-state index in [1.165, 1.54) is 19.2 Å². The summed E-state index contributed by atoms with van der Waals surface area (Å²) in [5, 5.41) is 0.512. The highest BCUT2D eigenvalue weighted by Crippen LogP contribution is 2.32. The molecular formula is C14H13ClN2O3. The summed E-state index contributed by atoms with van der Waals surface area (Å²) in [6.45, 7) is 0. The molecule has 0 radical (unpaired) electrons. The molecule has 4 N–H and O–H groups in total. The van der Waals surface area contributed by atoms with Gasteiger partial charge in [-0.1, -0.05) is 11.6 Å². The first-order valence-electron chi connectivity index (χ1n) is 5.71. The third-order valence-electron chi connectivity index (χ3n) is 2.60. The van der Waals surface area contributed by atoms with Crippen molar-refractivity contribution in [2.45, 2.75) is 0 Å². The summed E-state index contributed by atoms with van der Waals surface area (Å²) < 4.78 is 10.7. The first-order chi connectivity index (χ1) is 9.49. The summed E-state index contributed by atoms with van der Waals surface area (Å²) in [5.74, 6) is 0.715. The Kier molecular flexibility index (Phi) is 4.00. The number of benzene rings is 2. The molecule has 0 spiro atoms. The number of anilines is 1. The van der Waals surface area contributed by atoms with E-state index in [1.54, 1.807) is 24.3 Å². The van der Waals surface area contributed by atoms with Crippen LogP contribution in [0.3, 0.4) is 0 Å². The maximum atomic E-state index is 11.3. The molecule has 2 aromatic carbocycles. The van der Waals surface area contributed by atoms with Crippen LogP contribution in [0.4, 0.5) is 5.69 Å². The van der Waals surface area contributed by atoms with Crippen molar-refractivity contribution in [3.63, 3.8) is 0 Å².